The number of carbonyl (C=O) groups excluding carboxylic acids is 1. The molecule has 2 aliphatic rings. The van der Waals surface area contributed by atoms with E-state index in [-0.39, 0.29) is 11.9 Å². The largest absolute Gasteiger partial charge is 0.458 e. The molecule has 3 atom stereocenters. The molecule has 0 spiro atoms. The summed E-state index contributed by atoms with van der Waals surface area (Å²) in [7, 11) is 0. The molecule has 1 saturated carbocycles. The monoisotopic (exact) mass is 314 g/mol. The topological polar surface area (TPSA) is 54.3 Å². The van der Waals surface area contributed by atoms with Gasteiger partial charge in [0.1, 0.15) is 0 Å². The second kappa shape index (κ2) is 5.82. The van der Waals surface area contributed by atoms with Gasteiger partial charge in [-0.1, -0.05) is 11.8 Å². The normalized spacial score (nSPS) is 26.3. The van der Waals surface area contributed by atoms with Crippen LogP contribution >= 0.6 is 11.8 Å². The highest BCUT2D eigenvalue weighted by molar-refractivity contribution is 7.99. The molecule has 2 heterocycles. The van der Waals surface area contributed by atoms with Crippen LogP contribution in [0.15, 0.2) is 57.1 Å². The highest BCUT2D eigenvalue weighted by Crippen LogP contribution is 2.31. The maximum Gasteiger partial charge on any atom is 0.251 e. The van der Waals surface area contributed by atoms with Crippen LogP contribution in [0.1, 0.15) is 23.2 Å². The first-order valence-corrected chi connectivity index (χ1v) is 8.45. The second-order valence-electron chi connectivity index (χ2n) is 5.99. The third-order valence-corrected chi connectivity index (χ3v) is 5.42. The van der Waals surface area contributed by atoms with Crippen molar-refractivity contribution in [1.82, 2.24) is 10.6 Å². The number of piperidine rings is 1. The minimum Gasteiger partial charge on any atom is -0.458 e. The van der Waals surface area contributed by atoms with Crippen molar-refractivity contribution >= 4 is 17.7 Å². The van der Waals surface area contributed by atoms with E-state index in [2.05, 4.69) is 10.6 Å². The number of carbonyl (C=O) groups is 1. The van der Waals surface area contributed by atoms with Gasteiger partial charge in [-0.3, -0.25) is 4.79 Å². The lowest BCUT2D eigenvalue weighted by atomic mass is 10.1. The van der Waals surface area contributed by atoms with Crippen molar-refractivity contribution in [2.45, 2.75) is 34.9 Å². The van der Waals surface area contributed by atoms with Crippen molar-refractivity contribution in [1.29, 1.82) is 0 Å². The molecule has 1 aliphatic heterocycles. The van der Waals surface area contributed by atoms with Gasteiger partial charge in [0.2, 0.25) is 0 Å². The Kier molecular flexibility index (Phi) is 3.68. The van der Waals surface area contributed by atoms with Crippen LogP contribution in [0.5, 0.6) is 0 Å². The Hall–Kier alpha value is -1.72. The van der Waals surface area contributed by atoms with E-state index in [0.29, 0.717) is 11.6 Å². The van der Waals surface area contributed by atoms with Gasteiger partial charge in [-0.2, -0.15) is 0 Å². The Morgan fingerprint density at radius 3 is 2.73 bits per heavy atom. The first-order valence-electron chi connectivity index (χ1n) is 7.63. The lowest BCUT2D eigenvalue weighted by Gasteiger charge is -2.24. The molecule has 4 rings (SSSR count). The molecule has 1 aromatic heterocycles. The zero-order valence-electron chi connectivity index (χ0n) is 12.1. The smallest absolute Gasteiger partial charge is 0.251 e. The number of nitrogens with one attached hydrogen (secondary N) is 2. The third-order valence-electron chi connectivity index (χ3n) is 4.48. The number of amides is 1. The summed E-state index contributed by atoms with van der Waals surface area (Å²) in [6.45, 7) is 1.11. The van der Waals surface area contributed by atoms with E-state index in [1.165, 1.54) is 6.42 Å². The zero-order chi connectivity index (χ0) is 14.9. The van der Waals surface area contributed by atoms with Gasteiger partial charge in [0.25, 0.3) is 5.91 Å². The van der Waals surface area contributed by atoms with Crippen molar-refractivity contribution in [2.75, 3.05) is 6.54 Å². The molecule has 4 nitrogen and oxygen atoms in total. The fraction of sp³-hybridized carbons (Fsp3) is 0.353. The van der Waals surface area contributed by atoms with Crippen LogP contribution < -0.4 is 10.6 Å². The molecule has 1 aliphatic carbocycles. The Labute approximate surface area is 133 Å². The SMILES string of the molecule is O=C(NC1CC2CNC1C2)c1ccc(Sc2ccco2)cc1. The highest BCUT2D eigenvalue weighted by Gasteiger charge is 2.39. The highest BCUT2D eigenvalue weighted by atomic mass is 32.2. The lowest BCUT2D eigenvalue weighted by molar-refractivity contribution is 0.0928. The van der Waals surface area contributed by atoms with Crippen LogP contribution in [0.3, 0.4) is 0 Å². The molecule has 2 bridgehead atoms. The second-order valence-corrected chi connectivity index (χ2v) is 7.07. The summed E-state index contributed by atoms with van der Waals surface area (Å²) in [6.07, 6.45) is 3.97. The molecule has 2 N–H and O–H groups in total. The number of fused-ring (bicyclic) bond motifs is 2. The van der Waals surface area contributed by atoms with Crippen molar-refractivity contribution < 1.29 is 9.21 Å². The van der Waals surface area contributed by atoms with E-state index in [0.717, 1.165) is 28.9 Å². The molecule has 5 heteroatoms. The number of hydrogen-bond acceptors (Lipinski definition) is 4. The number of furan rings is 1. The molecule has 1 aromatic carbocycles. The fourth-order valence-corrected chi connectivity index (χ4v) is 4.13. The van der Waals surface area contributed by atoms with Crippen LogP contribution in [0.2, 0.25) is 0 Å². The summed E-state index contributed by atoms with van der Waals surface area (Å²) < 4.78 is 5.31. The van der Waals surface area contributed by atoms with Crippen LogP contribution in [0.4, 0.5) is 0 Å². The minimum atomic E-state index is 0.0221. The quantitative estimate of drug-likeness (QED) is 0.911. The Balaban J connectivity index is 1.38. The summed E-state index contributed by atoms with van der Waals surface area (Å²) in [5.41, 5.74) is 0.714. The molecule has 114 valence electrons. The van der Waals surface area contributed by atoms with Gasteiger partial charge in [0.05, 0.1) is 6.26 Å². The van der Waals surface area contributed by atoms with E-state index in [9.17, 15) is 4.79 Å². The Bertz CT molecular complexity index is 654. The van der Waals surface area contributed by atoms with Crippen molar-refractivity contribution in [2.24, 2.45) is 5.92 Å². The first kappa shape index (κ1) is 13.9. The van der Waals surface area contributed by atoms with Gasteiger partial charge in [0.15, 0.2) is 5.09 Å². The lowest BCUT2D eigenvalue weighted by Crippen LogP contribution is -2.47. The molecular formula is C17H18N2O2S. The average molecular weight is 314 g/mol. The number of benzene rings is 1. The Morgan fingerprint density at radius 1 is 1.23 bits per heavy atom. The van der Waals surface area contributed by atoms with Crippen LogP contribution in [0, 0.1) is 5.92 Å². The first-order chi connectivity index (χ1) is 10.8. The summed E-state index contributed by atoms with van der Waals surface area (Å²) >= 11 is 1.55. The van der Waals surface area contributed by atoms with E-state index in [4.69, 9.17) is 4.42 Å². The van der Waals surface area contributed by atoms with E-state index in [1.807, 2.05) is 36.4 Å². The molecule has 1 amide bonds. The van der Waals surface area contributed by atoms with Crippen molar-refractivity contribution in [3.8, 4) is 0 Å². The number of rotatable bonds is 4. The maximum atomic E-state index is 12.3. The summed E-state index contributed by atoms with van der Waals surface area (Å²) in [5.74, 6) is 0.760. The molecular weight excluding hydrogens is 296 g/mol. The number of hydrogen-bond donors (Lipinski definition) is 2. The van der Waals surface area contributed by atoms with Gasteiger partial charge in [-0.25, -0.2) is 0 Å². The van der Waals surface area contributed by atoms with Gasteiger partial charge in [-0.05, 0) is 61.7 Å². The molecule has 3 unspecified atom stereocenters. The van der Waals surface area contributed by atoms with E-state index >= 15 is 0 Å². The summed E-state index contributed by atoms with van der Waals surface area (Å²) in [6, 6.07) is 12.2. The minimum absolute atomic E-state index is 0.0221. The predicted octanol–water partition coefficient (Wildman–Crippen LogP) is 2.91. The van der Waals surface area contributed by atoms with Crippen molar-refractivity contribution in [3.63, 3.8) is 0 Å². The average Bonchev–Trinajstić information content (AvgIpc) is 3.25. The molecule has 1 saturated heterocycles. The molecule has 2 fully saturated rings. The van der Waals surface area contributed by atoms with Crippen LogP contribution in [-0.4, -0.2) is 24.5 Å². The molecule has 2 aromatic rings. The van der Waals surface area contributed by atoms with Gasteiger partial charge >= 0.3 is 0 Å². The van der Waals surface area contributed by atoms with Crippen LogP contribution in [0.25, 0.3) is 0 Å². The molecule has 22 heavy (non-hydrogen) atoms. The van der Waals surface area contributed by atoms with E-state index < -0.39 is 0 Å². The summed E-state index contributed by atoms with van der Waals surface area (Å²) in [5, 5.41) is 7.49. The third kappa shape index (κ3) is 2.78. The molecule has 0 radical (unpaired) electrons. The van der Waals surface area contributed by atoms with Gasteiger partial charge in [0, 0.05) is 22.5 Å². The standard InChI is InChI=1S/C17H18N2O2S/c20-17(19-15-9-11-8-14(15)18-10-11)12-3-5-13(6-4-12)22-16-2-1-7-21-16/h1-7,11,14-15,18H,8-10H2,(H,19,20). The van der Waals surface area contributed by atoms with Crippen molar-refractivity contribution in [3.05, 3.63) is 48.2 Å². The van der Waals surface area contributed by atoms with Gasteiger partial charge < -0.3 is 15.1 Å². The van der Waals surface area contributed by atoms with Gasteiger partial charge in [-0.15, -0.1) is 0 Å². The maximum absolute atomic E-state index is 12.3. The Morgan fingerprint density at radius 2 is 2.09 bits per heavy atom. The van der Waals surface area contributed by atoms with Crippen LogP contribution in [-0.2, 0) is 0 Å². The van der Waals surface area contributed by atoms with E-state index in [1.54, 1.807) is 18.0 Å². The predicted molar refractivity (Wildman–Crippen MR) is 85.0 cm³/mol. The zero-order valence-corrected chi connectivity index (χ0v) is 12.9. The summed E-state index contributed by atoms with van der Waals surface area (Å²) in [4.78, 5) is 13.4. The fourth-order valence-electron chi connectivity index (χ4n) is 3.38.